The maximum atomic E-state index is 14.5. The molecule has 0 spiro atoms. The summed E-state index contributed by atoms with van der Waals surface area (Å²) < 4.78 is 21.4. The topological polar surface area (TPSA) is 117 Å². The summed E-state index contributed by atoms with van der Waals surface area (Å²) in [6.45, 7) is 1.38. The maximum Gasteiger partial charge on any atom is 0.263 e. The number of nitrogens with two attached hydrogens (primary N) is 1. The molecule has 176 valence electrons. The van der Waals surface area contributed by atoms with Crippen molar-refractivity contribution in [1.82, 2.24) is 9.55 Å². The molecule has 0 radical (unpaired) electrons. The fourth-order valence-electron chi connectivity index (χ4n) is 4.08. The molecule has 34 heavy (non-hydrogen) atoms. The Labute approximate surface area is 196 Å². The van der Waals surface area contributed by atoms with Gasteiger partial charge in [0.05, 0.1) is 23.4 Å². The summed E-state index contributed by atoms with van der Waals surface area (Å²) >= 11 is 0. The molecule has 0 amide bonds. The standard InChI is InChI=1S/C25H26FN5O3/c1-30-24(33)22(16-4-6-20(7-5-16)34-13-12-32)23(17-2-3-18(15-27)21(26)14-17)29-25(30)31-10-8-19(28)9-11-31/h2-7,14,19,32H,8-13,28H2,1H3. The van der Waals surface area contributed by atoms with Crippen molar-refractivity contribution in [3.05, 3.63) is 64.2 Å². The second-order valence-corrected chi connectivity index (χ2v) is 8.23. The molecule has 0 unspecified atom stereocenters. The molecule has 2 aromatic carbocycles. The number of aromatic nitrogens is 2. The summed E-state index contributed by atoms with van der Waals surface area (Å²) in [6, 6.07) is 13.0. The van der Waals surface area contributed by atoms with Gasteiger partial charge >= 0.3 is 0 Å². The fraction of sp³-hybridized carbons (Fsp3) is 0.320. The second kappa shape index (κ2) is 10.0. The van der Waals surface area contributed by atoms with E-state index in [1.165, 1.54) is 16.7 Å². The van der Waals surface area contributed by atoms with Gasteiger partial charge in [-0.05, 0) is 42.7 Å². The molecule has 3 N–H and O–H groups in total. The van der Waals surface area contributed by atoms with Gasteiger partial charge in [-0.15, -0.1) is 0 Å². The Bertz CT molecular complexity index is 1280. The van der Waals surface area contributed by atoms with Crippen molar-refractivity contribution in [3.8, 4) is 34.2 Å². The highest BCUT2D eigenvalue weighted by atomic mass is 19.1. The molecule has 8 nitrogen and oxygen atoms in total. The highest BCUT2D eigenvalue weighted by molar-refractivity contribution is 5.81. The van der Waals surface area contributed by atoms with E-state index in [2.05, 4.69) is 0 Å². The Kier molecular flexibility index (Phi) is 6.91. The Hall–Kier alpha value is -3.74. The molecule has 1 aromatic heterocycles. The van der Waals surface area contributed by atoms with E-state index in [4.69, 9.17) is 25.8 Å². The lowest BCUT2D eigenvalue weighted by molar-refractivity contribution is 0.201. The number of aliphatic hydroxyl groups excluding tert-OH is 1. The van der Waals surface area contributed by atoms with E-state index in [1.54, 1.807) is 37.4 Å². The van der Waals surface area contributed by atoms with Crippen LogP contribution in [0.25, 0.3) is 22.4 Å². The third-order valence-corrected chi connectivity index (χ3v) is 5.96. The minimum atomic E-state index is -0.674. The van der Waals surface area contributed by atoms with Crippen LogP contribution in [0.2, 0.25) is 0 Å². The van der Waals surface area contributed by atoms with Crippen molar-refractivity contribution in [2.75, 3.05) is 31.2 Å². The van der Waals surface area contributed by atoms with Crippen LogP contribution in [0.3, 0.4) is 0 Å². The predicted molar refractivity (Wildman–Crippen MR) is 127 cm³/mol. The van der Waals surface area contributed by atoms with Gasteiger partial charge < -0.3 is 20.5 Å². The fourth-order valence-corrected chi connectivity index (χ4v) is 4.08. The lowest BCUT2D eigenvalue weighted by Crippen LogP contribution is -2.42. The summed E-state index contributed by atoms with van der Waals surface area (Å²) in [7, 11) is 1.67. The zero-order valence-corrected chi connectivity index (χ0v) is 18.9. The Morgan fingerprint density at radius 2 is 1.88 bits per heavy atom. The smallest absolute Gasteiger partial charge is 0.263 e. The number of nitriles is 1. The van der Waals surface area contributed by atoms with Gasteiger partial charge in [-0.25, -0.2) is 9.37 Å². The molecule has 0 bridgehead atoms. The number of hydrogen-bond donors (Lipinski definition) is 2. The van der Waals surface area contributed by atoms with E-state index in [9.17, 15) is 9.18 Å². The average Bonchev–Trinajstić information content (AvgIpc) is 2.85. The second-order valence-electron chi connectivity index (χ2n) is 8.23. The molecule has 1 fully saturated rings. The van der Waals surface area contributed by atoms with Gasteiger partial charge in [-0.2, -0.15) is 5.26 Å². The Morgan fingerprint density at radius 3 is 2.50 bits per heavy atom. The summed E-state index contributed by atoms with van der Waals surface area (Å²) in [5, 5.41) is 18.1. The zero-order chi connectivity index (χ0) is 24.2. The van der Waals surface area contributed by atoms with Crippen LogP contribution in [-0.4, -0.2) is 47.0 Å². The monoisotopic (exact) mass is 463 g/mol. The Morgan fingerprint density at radius 1 is 1.21 bits per heavy atom. The minimum absolute atomic E-state index is 0.0789. The summed E-state index contributed by atoms with van der Waals surface area (Å²) in [5.41, 5.74) is 7.34. The summed E-state index contributed by atoms with van der Waals surface area (Å²) in [4.78, 5) is 20.5. The van der Waals surface area contributed by atoms with E-state index in [0.29, 0.717) is 47.2 Å². The molecule has 3 aromatic rings. The first-order valence-corrected chi connectivity index (χ1v) is 11.1. The number of aliphatic hydroxyl groups is 1. The molecular formula is C25H26FN5O3. The molecule has 1 aliphatic rings. The number of ether oxygens (including phenoxy) is 1. The number of piperidine rings is 1. The third kappa shape index (κ3) is 4.64. The SMILES string of the molecule is Cn1c(N2CCC(N)CC2)nc(-c2ccc(C#N)c(F)c2)c(-c2ccc(OCCO)cc2)c1=O. The molecule has 1 aliphatic heterocycles. The van der Waals surface area contributed by atoms with Crippen molar-refractivity contribution in [3.63, 3.8) is 0 Å². The van der Waals surface area contributed by atoms with Crippen molar-refractivity contribution in [2.45, 2.75) is 18.9 Å². The first-order chi connectivity index (χ1) is 16.4. The first-order valence-electron chi connectivity index (χ1n) is 11.1. The number of rotatable bonds is 6. The molecule has 2 heterocycles. The quantitative estimate of drug-likeness (QED) is 0.576. The minimum Gasteiger partial charge on any atom is -0.491 e. The lowest BCUT2D eigenvalue weighted by atomic mass is 9.99. The highest BCUT2D eigenvalue weighted by Gasteiger charge is 2.24. The van der Waals surface area contributed by atoms with Crippen LogP contribution in [0.4, 0.5) is 10.3 Å². The predicted octanol–water partition coefficient (Wildman–Crippen LogP) is 2.42. The van der Waals surface area contributed by atoms with E-state index in [0.717, 1.165) is 12.8 Å². The van der Waals surface area contributed by atoms with E-state index < -0.39 is 5.82 Å². The van der Waals surface area contributed by atoms with Gasteiger partial charge in [-0.1, -0.05) is 18.2 Å². The van der Waals surface area contributed by atoms with Crippen LogP contribution in [-0.2, 0) is 7.05 Å². The van der Waals surface area contributed by atoms with Gasteiger partial charge in [0, 0.05) is 31.7 Å². The van der Waals surface area contributed by atoms with Gasteiger partial charge in [0.25, 0.3) is 5.56 Å². The van der Waals surface area contributed by atoms with Gasteiger partial charge in [0.2, 0.25) is 5.95 Å². The van der Waals surface area contributed by atoms with Gasteiger partial charge in [0.15, 0.2) is 0 Å². The number of benzene rings is 2. The van der Waals surface area contributed by atoms with Crippen molar-refractivity contribution >= 4 is 5.95 Å². The van der Waals surface area contributed by atoms with Crippen molar-refractivity contribution in [1.29, 1.82) is 5.26 Å². The molecular weight excluding hydrogens is 437 g/mol. The number of anilines is 1. The van der Waals surface area contributed by atoms with E-state index in [1.807, 2.05) is 11.0 Å². The Balaban J connectivity index is 1.87. The molecule has 0 atom stereocenters. The summed E-state index contributed by atoms with van der Waals surface area (Å²) in [5.74, 6) is 0.366. The van der Waals surface area contributed by atoms with E-state index >= 15 is 0 Å². The van der Waals surface area contributed by atoms with Crippen LogP contribution in [0, 0.1) is 17.1 Å². The molecule has 9 heteroatoms. The number of halogens is 1. The van der Waals surface area contributed by atoms with Crippen molar-refractivity contribution < 1.29 is 14.2 Å². The first kappa shape index (κ1) is 23.4. The van der Waals surface area contributed by atoms with E-state index in [-0.39, 0.29) is 30.4 Å². The van der Waals surface area contributed by atoms with Crippen molar-refractivity contribution in [2.24, 2.45) is 12.8 Å². The molecule has 4 rings (SSSR count). The third-order valence-electron chi connectivity index (χ3n) is 5.96. The van der Waals surface area contributed by atoms with Gasteiger partial charge in [0.1, 0.15) is 24.2 Å². The largest absolute Gasteiger partial charge is 0.491 e. The summed E-state index contributed by atoms with van der Waals surface area (Å²) in [6.07, 6.45) is 1.57. The average molecular weight is 464 g/mol. The van der Waals surface area contributed by atoms with Crippen LogP contribution in [0.5, 0.6) is 5.75 Å². The molecule has 0 saturated carbocycles. The lowest BCUT2D eigenvalue weighted by Gasteiger charge is -2.32. The van der Waals surface area contributed by atoms with Crippen LogP contribution in [0.15, 0.2) is 47.3 Å². The van der Waals surface area contributed by atoms with Crippen LogP contribution < -0.4 is 20.9 Å². The zero-order valence-electron chi connectivity index (χ0n) is 18.9. The molecule has 0 aliphatic carbocycles. The maximum absolute atomic E-state index is 14.5. The number of nitrogens with zero attached hydrogens (tertiary/aromatic N) is 4. The van der Waals surface area contributed by atoms with Crippen LogP contribution >= 0.6 is 0 Å². The van der Waals surface area contributed by atoms with Gasteiger partial charge in [-0.3, -0.25) is 9.36 Å². The van der Waals surface area contributed by atoms with Crippen LogP contribution in [0.1, 0.15) is 18.4 Å². The molecule has 1 saturated heterocycles. The number of hydrogen-bond acceptors (Lipinski definition) is 7. The highest BCUT2D eigenvalue weighted by Crippen LogP contribution is 2.32. The normalized spacial score (nSPS) is 14.1.